The highest BCUT2D eigenvalue weighted by Crippen LogP contribution is 2.39. The first-order valence-electron chi connectivity index (χ1n) is 3.41. The normalized spacial score (nSPS) is 14.4. The van der Waals surface area contributed by atoms with E-state index in [1.54, 1.807) is 0 Å². The summed E-state index contributed by atoms with van der Waals surface area (Å²) in [5, 5.41) is 14.0. The molecule has 0 spiro atoms. The highest BCUT2D eigenvalue weighted by Gasteiger charge is 2.40. The van der Waals surface area contributed by atoms with Crippen molar-refractivity contribution in [2.45, 2.75) is 11.7 Å². The van der Waals surface area contributed by atoms with Gasteiger partial charge in [-0.1, -0.05) is 0 Å². The predicted molar refractivity (Wildman–Crippen MR) is 45.7 cm³/mol. The Morgan fingerprint density at radius 2 is 1.69 bits per heavy atom. The molecule has 0 aliphatic carbocycles. The van der Waals surface area contributed by atoms with Crippen LogP contribution in [0, 0.1) is 0 Å². The fraction of sp³-hybridized carbons (Fsp3) is 0.500. The van der Waals surface area contributed by atoms with E-state index in [9.17, 15) is 22.6 Å². The van der Waals surface area contributed by atoms with Gasteiger partial charge >= 0.3 is 19.8 Å². The number of hydrogen-bond acceptors (Lipinski definition) is 6. The Labute approximate surface area is 88.8 Å². The average molecular weight is 278 g/mol. The van der Waals surface area contributed by atoms with Crippen LogP contribution in [0.3, 0.4) is 0 Å². The Bertz CT molecular complexity index is 430. The van der Waals surface area contributed by atoms with Crippen LogP contribution in [0.25, 0.3) is 0 Å². The molecular formula is C4H7O10PS. The van der Waals surface area contributed by atoms with Crippen molar-refractivity contribution in [1.82, 2.24) is 0 Å². The first-order chi connectivity index (χ1) is 6.96. The zero-order valence-corrected chi connectivity index (χ0v) is 9.09. The number of aliphatic carboxylic acids is 2. The van der Waals surface area contributed by atoms with Crippen molar-refractivity contribution < 1.29 is 46.5 Å². The summed E-state index contributed by atoms with van der Waals surface area (Å²) in [6.07, 6.45) is -1.38. The predicted octanol–water partition coefficient (Wildman–Crippen LogP) is -1.65. The fourth-order valence-electron chi connectivity index (χ4n) is 0.659. The minimum Gasteiger partial charge on any atom is -0.481 e. The maximum absolute atomic E-state index is 11.0. The summed E-state index contributed by atoms with van der Waals surface area (Å²) in [7, 11) is -10.7. The molecule has 0 aliphatic rings. The Morgan fingerprint density at radius 1 is 1.25 bits per heavy atom. The van der Waals surface area contributed by atoms with Crippen LogP contribution in [0.1, 0.15) is 6.42 Å². The molecule has 1 unspecified atom stereocenters. The zero-order valence-electron chi connectivity index (χ0n) is 7.38. The molecule has 0 rings (SSSR count). The van der Waals surface area contributed by atoms with Crippen LogP contribution in [-0.4, -0.2) is 45.6 Å². The molecule has 0 fully saturated rings. The zero-order chi connectivity index (χ0) is 13.1. The monoisotopic (exact) mass is 278 g/mol. The van der Waals surface area contributed by atoms with Crippen LogP contribution in [-0.2, 0) is 28.2 Å². The molecule has 0 heterocycles. The summed E-state index contributed by atoms with van der Waals surface area (Å²) >= 11 is 0. The molecule has 12 heteroatoms. The van der Waals surface area contributed by atoms with Crippen molar-refractivity contribution in [2.24, 2.45) is 0 Å². The van der Waals surface area contributed by atoms with E-state index in [2.05, 4.69) is 3.97 Å². The smallest absolute Gasteiger partial charge is 0.481 e. The van der Waals surface area contributed by atoms with E-state index in [0.717, 1.165) is 0 Å². The highest BCUT2D eigenvalue weighted by atomic mass is 32.2. The molecule has 1 atom stereocenters. The summed E-state index contributed by atoms with van der Waals surface area (Å²) < 4.78 is 35.4. The lowest BCUT2D eigenvalue weighted by Crippen LogP contribution is -2.33. The van der Waals surface area contributed by atoms with E-state index in [1.165, 1.54) is 0 Å². The Balaban J connectivity index is 5.14. The van der Waals surface area contributed by atoms with Gasteiger partial charge in [-0.3, -0.25) is 9.59 Å². The van der Waals surface area contributed by atoms with Crippen LogP contribution < -0.4 is 0 Å². The highest BCUT2D eigenvalue weighted by molar-refractivity contribution is 7.91. The van der Waals surface area contributed by atoms with Gasteiger partial charge in [0.25, 0.3) is 10.1 Å². The number of carboxylic acids is 2. The molecule has 0 amide bonds. The third-order valence-corrected chi connectivity index (χ3v) is 3.86. The van der Waals surface area contributed by atoms with Gasteiger partial charge in [0.15, 0.2) is 5.25 Å². The lowest BCUT2D eigenvalue weighted by atomic mass is 10.3. The van der Waals surface area contributed by atoms with Gasteiger partial charge in [-0.15, -0.1) is 0 Å². The van der Waals surface area contributed by atoms with E-state index in [0.29, 0.717) is 0 Å². The van der Waals surface area contributed by atoms with Crippen molar-refractivity contribution in [3.63, 3.8) is 0 Å². The van der Waals surface area contributed by atoms with Gasteiger partial charge < -0.3 is 20.0 Å². The molecule has 16 heavy (non-hydrogen) atoms. The summed E-state index contributed by atoms with van der Waals surface area (Å²) in [4.78, 5) is 36.9. The molecule has 10 nitrogen and oxygen atoms in total. The van der Waals surface area contributed by atoms with Crippen molar-refractivity contribution >= 4 is 29.9 Å². The van der Waals surface area contributed by atoms with Crippen LogP contribution in [0.15, 0.2) is 0 Å². The summed E-state index contributed by atoms with van der Waals surface area (Å²) in [6, 6.07) is 0. The SMILES string of the molecule is O=C(O)CC(C(=O)O)S(=O)(=O)OP(=O)(O)O. The van der Waals surface area contributed by atoms with Gasteiger partial charge in [-0.25, -0.2) is 4.57 Å². The third-order valence-electron chi connectivity index (χ3n) is 1.18. The largest absolute Gasteiger partial charge is 0.484 e. The summed E-state index contributed by atoms with van der Waals surface area (Å²) in [6.45, 7) is 0. The summed E-state index contributed by atoms with van der Waals surface area (Å²) in [5.74, 6) is -3.86. The topological polar surface area (TPSA) is 175 Å². The second-order valence-electron chi connectivity index (χ2n) is 2.48. The maximum Gasteiger partial charge on any atom is 0.484 e. The van der Waals surface area contributed by atoms with E-state index < -0.39 is 41.6 Å². The van der Waals surface area contributed by atoms with Crippen molar-refractivity contribution in [3.8, 4) is 0 Å². The number of rotatable bonds is 6. The molecule has 4 N–H and O–H groups in total. The second kappa shape index (κ2) is 4.89. The molecule has 0 aromatic rings. The first-order valence-corrected chi connectivity index (χ1v) is 6.41. The van der Waals surface area contributed by atoms with Crippen LogP contribution in [0.2, 0.25) is 0 Å². The van der Waals surface area contributed by atoms with Gasteiger partial charge in [0.05, 0.1) is 6.42 Å². The van der Waals surface area contributed by atoms with Crippen molar-refractivity contribution in [1.29, 1.82) is 0 Å². The molecule has 0 aliphatic heterocycles. The molecule has 0 aromatic heterocycles. The first kappa shape index (κ1) is 15.0. The second-order valence-corrected chi connectivity index (χ2v) is 5.61. The lowest BCUT2D eigenvalue weighted by molar-refractivity contribution is -0.143. The van der Waals surface area contributed by atoms with Gasteiger partial charge in [0, 0.05) is 0 Å². The third kappa shape index (κ3) is 5.19. The molecule has 0 aromatic carbocycles. The number of hydrogen-bond donors (Lipinski definition) is 4. The van der Waals surface area contributed by atoms with E-state index in [4.69, 9.17) is 20.0 Å². The Kier molecular flexibility index (Phi) is 4.58. The maximum atomic E-state index is 11.0. The summed E-state index contributed by atoms with van der Waals surface area (Å²) in [5.41, 5.74) is 0. The minimum absolute atomic E-state index is 1.38. The van der Waals surface area contributed by atoms with E-state index in [1.807, 2.05) is 0 Å². The fourth-order valence-corrected chi connectivity index (χ4v) is 2.75. The Hall–Kier alpha value is -1.00. The number of carboxylic acid groups (broad SMARTS) is 2. The van der Waals surface area contributed by atoms with Gasteiger partial charge in [0.2, 0.25) is 0 Å². The van der Waals surface area contributed by atoms with Crippen LogP contribution >= 0.6 is 7.82 Å². The molecule has 0 saturated heterocycles. The quantitative estimate of drug-likeness (QED) is 0.412. The van der Waals surface area contributed by atoms with Gasteiger partial charge in [-0.2, -0.15) is 12.4 Å². The molecule has 0 saturated carbocycles. The van der Waals surface area contributed by atoms with Gasteiger partial charge in [0.1, 0.15) is 0 Å². The van der Waals surface area contributed by atoms with Crippen molar-refractivity contribution in [3.05, 3.63) is 0 Å². The molecule has 0 radical (unpaired) electrons. The molecule has 0 bridgehead atoms. The van der Waals surface area contributed by atoms with Crippen molar-refractivity contribution in [2.75, 3.05) is 0 Å². The van der Waals surface area contributed by atoms with Crippen LogP contribution in [0.4, 0.5) is 0 Å². The Morgan fingerprint density at radius 3 is 1.94 bits per heavy atom. The average Bonchev–Trinajstić information content (AvgIpc) is 1.93. The van der Waals surface area contributed by atoms with Gasteiger partial charge in [-0.05, 0) is 0 Å². The minimum atomic E-state index is -5.47. The number of phosphoric acid groups is 1. The standard InChI is InChI=1S/C4H7O10PS/c5-3(6)1-2(4(7)8)16(12,13)14-15(9,10)11/h2H,1H2,(H,5,6)(H,7,8)(H2,9,10,11). The number of carbonyl (C=O) groups is 2. The van der Waals surface area contributed by atoms with E-state index in [-0.39, 0.29) is 0 Å². The van der Waals surface area contributed by atoms with E-state index >= 15 is 0 Å². The molecule has 94 valence electrons. The van der Waals surface area contributed by atoms with Crippen LogP contribution in [0.5, 0.6) is 0 Å². The molecular weight excluding hydrogens is 271 g/mol. The lowest BCUT2D eigenvalue weighted by Gasteiger charge is -2.11.